The number of aliphatic imine (C=N–C) groups is 1. The molecule has 2 heterocycles. The van der Waals surface area contributed by atoms with Crippen molar-refractivity contribution in [1.29, 1.82) is 0 Å². The molecule has 4 rings (SSSR count). The number of amidine groups is 1. The summed E-state index contributed by atoms with van der Waals surface area (Å²) < 4.78 is 28.3. The summed E-state index contributed by atoms with van der Waals surface area (Å²) in [4.78, 5) is 4.09. The lowest BCUT2D eigenvalue weighted by Crippen LogP contribution is -2.32. The van der Waals surface area contributed by atoms with Gasteiger partial charge in [-0.2, -0.15) is 10.2 Å². The third kappa shape index (κ3) is 2.89. The third-order valence-corrected chi connectivity index (χ3v) is 5.46. The van der Waals surface area contributed by atoms with Crippen LogP contribution in [0.4, 0.5) is 8.78 Å². The van der Waals surface area contributed by atoms with E-state index >= 15 is 0 Å². The SMILES string of the molecule is N/N=C1/N=CCc2c1cnn2[C@@H]1C[C@H]([C@H](O)c2ccc(F)c(F)c2)[C@@H](O)[C@H]1O. The van der Waals surface area contributed by atoms with Crippen LogP contribution in [0.1, 0.15) is 35.4 Å². The van der Waals surface area contributed by atoms with Gasteiger partial charge >= 0.3 is 0 Å². The summed E-state index contributed by atoms with van der Waals surface area (Å²) in [5, 5.41) is 39.6. The van der Waals surface area contributed by atoms with E-state index in [0.29, 0.717) is 17.8 Å². The fourth-order valence-electron chi connectivity index (χ4n) is 4.00. The van der Waals surface area contributed by atoms with E-state index in [4.69, 9.17) is 5.84 Å². The van der Waals surface area contributed by atoms with Crippen molar-refractivity contribution in [1.82, 2.24) is 9.78 Å². The molecule has 148 valence electrons. The molecule has 1 fully saturated rings. The smallest absolute Gasteiger partial charge is 0.181 e. The van der Waals surface area contributed by atoms with Gasteiger partial charge in [0.15, 0.2) is 17.5 Å². The lowest BCUT2D eigenvalue weighted by atomic mass is 9.92. The van der Waals surface area contributed by atoms with E-state index in [1.165, 1.54) is 12.3 Å². The largest absolute Gasteiger partial charge is 0.390 e. The van der Waals surface area contributed by atoms with Crippen LogP contribution in [0.3, 0.4) is 0 Å². The van der Waals surface area contributed by atoms with Gasteiger partial charge in [0.1, 0.15) is 6.10 Å². The Bertz CT molecular complexity index is 961. The first-order valence-electron chi connectivity index (χ1n) is 8.78. The van der Waals surface area contributed by atoms with Crippen LogP contribution in [-0.4, -0.2) is 49.4 Å². The quantitative estimate of drug-likeness (QED) is 0.445. The second kappa shape index (κ2) is 7.04. The highest BCUT2D eigenvalue weighted by atomic mass is 19.2. The van der Waals surface area contributed by atoms with E-state index in [1.807, 2.05) is 0 Å². The number of benzene rings is 1. The Morgan fingerprint density at radius 1 is 1.21 bits per heavy atom. The van der Waals surface area contributed by atoms with Gasteiger partial charge in [-0.1, -0.05) is 6.07 Å². The number of halogens is 2. The minimum absolute atomic E-state index is 0.128. The molecule has 1 aromatic heterocycles. The lowest BCUT2D eigenvalue weighted by molar-refractivity contribution is -0.0275. The van der Waals surface area contributed by atoms with Crippen LogP contribution in [0.15, 0.2) is 34.5 Å². The first-order chi connectivity index (χ1) is 13.4. The maximum Gasteiger partial charge on any atom is 0.181 e. The van der Waals surface area contributed by atoms with Crippen molar-refractivity contribution in [2.24, 2.45) is 21.9 Å². The van der Waals surface area contributed by atoms with Crippen molar-refractivity contribution in [3.05, 3.63) is 52.9 Å². The molecule has 0 spiro atoms. The number of fused-ring (bicyclic) bond motifs is 1. The Morgan fingerprint density at radius 2 is 2.00 bits per heavy atom. The molecule has 5 atom stereocenters. The summed E-state index contributed by atoms with van der Waals surface area (Å²) in [6, 6.07) is 2.45. The summed E-state index contributed by atoms with van der Waals surface area (Å²) in [6.45, 7) is 0. The van der Waals surface area contributed by atoms with Gasteiger partial charge in [0.2, 0.25) is 0 Å². The maximum absolute atomic E-state index is 13.5. The minimum Gasteiger partial charge on any atom is -0.390 e. The second-order valence-electron chi connectivity index (χ2n) is 6.98. The predicted octanol–water partition coefficient (Wildman–Crippen LogP) is 0.425. The monoisotopic (exact) mass is 391 g/mol. The first-order valence-corrected chi connectivity index (χ1v) is 8.78. The average Bonchev–Trinajstić information content (AvgIpc) is 3.25. The number of rotatable bonds is 3. The number of aliphatic hydroxyl groups excluding tert-OH is 3. The van der Waals surface area contributed by atoms with Crippen molar-refractivity contribution in [2.45, 2.75) is 37.2 Å². The molecule has 1 aromatic carbocycles. The van der Waals surface area contributed by atoms with Crippen LogP contribution in [0, 0.1) is 17.6 Å². The van der Waals surface area contributed by atoms with Crippen LogP contribution >= 0.6 is 0 Å². The predicted molar refractivity (Wildman–Crippen MR) is 95.6 cm³/mol. The van der Waals surface area contributed by atoms with Crippen molar-refractivity contribution < 1.29 is 24.1 Å². The highest BCUT2D eigenvalue weighted by molar-refractivity contribution is 6.06. The van der Waals surface area contributed by atoms with E-state index in [9.17, 15) is 24.1 Å². The van der Waals surface area contributed by atoms with Crippen molar-refractivity contribution in [3.63, 3.8) is 0 Å². The van der Waals surface area contributed by atoms with E-state index in [-0.39, 0.29) is 12.0 Å². The number of hydrogen-bond donors (Lipinski definition) is 4. The molecule has 5 N–H and O–H groups in total. The van der Waals surface area contributed by atoms with Crippen molar-refractivity contribution >= 4 is 12.1 Å². The van der Waals surface area contributed by atoms with E-state index in [1.54, 1.807) is 10.9 Å². The number of aromatic nitrogens is 2. The third-order valence-electron chi connectivity index (χ3n) is 5.46. The molecule has 2 aromatic rings. The van der Waals surface area contributed by atoms with Gasteiger partial charge in [-0.05, 0) is 24.1 Å². The molecule has 0 bridgehead atoms. The molecule has 0 radical (unpaired) electrons. The number of hydrogen-bond acceptors (Lipinski definition) is 6. The molecule has 1 saturated carbocycles. The van der Waals surface area contributed by atoms with Gasteiger partial charge in [-0.25, -0.2) is 13.8 Å². The van der Waals surface area contributed by atoms with Crippen LogP contribution in [0.2, 0.25) is 0 Å². The Labute approximate surface area is 158 Å². The number of nitrogens with two attached hydrogens (primary N) is 1. The standard InChI is InChI=1S/C18H19F2N5O3/c19-11-2-1-8(5-12(11)20)15(26)9-6-14(17(28)16(9)27)25-13-3-4-22-18(24-21)10(13)7-23-25/h1-2,4-5,7,9,14-17,26-28H,3,6,21H2/b24-18+/t9-,14-,15-,16-,17+/m1/s1. The maximum atomic E-state index is 13.5. The average molecular weight is 391 g/mol. The van der Waals surface area contributed by atoms with Crippen LogP contribution < -0.4 is 5.84 Å². The normalized spacial score (nSPS) is 29.2. The molecule has 10 heteroatoms. The molecule has 0 unspecified atom stereocenters. The molecule has 2 aliphatic rings. The Morgan fingerprint density at radius 3 is 2.71 bits per heavy atom. The van der Waals surface area contributed by atoms with Crippen LogP contribution in [-0.2, 0) is 6.42 Å². The fraction of sp³-hybridized carbons (Fsp3) is 0.389. The molecule has 0 saturated heterocycles. The zero-order valence-corrected chi connectivity index (χ0v) is 14.7. The summed E-state index contributed by atoms with van der Waals surface area (Å²) >= 11 is 0. The number of hydrazone groups is 1. The second-order valence-corrected chi connectivity index (χ2v) is 6.98. The zero-order valence-electron chi connectivity index (χ0n) is 14.7. The summed E-state index contributed by atoms with van der Waals surface area (Å²) in [5.41, 5.74) is 1.50. The number of aliphatic hydroxyl groups is 3. The minimum atomic E-state index is -1.28. The van der Waals surface area contributed by atoms with E-state index in [2.05, 4.69) is 15.2 Å². The molecule has 1 aliphatic heterocycles. The van der Waals surface area contributed by atoms with E-state index < -0.39 is 41.9 Å². The van der Waals surface area contributed by atoms with Gasteiger partial charge in [0.25, 0.3) is 0 Å². The molecular formula is C18H19F2N5O3. The van der Waals surface area contributed by atoms with Crippen LogP contribution in [0.25, 0.3) is 0 Å². The topological polar surface area (TPSA) is 129 Å². The van der Waals surface area contributed by atoms with Crippen molar-refractivity contribution in [3.8, 4) is 0 Å². The summed E-state index contributed by atoms with van der Waals surface area (Å²) in [5.74, 6) is 2.75. The van der Waals surface area contributed by atoms with Gasteiger partial charge in [0.05, 0.1) is 35.7 Å². The van der Waals surface area contributed by atoms with Gasteiger partial charge in [-0.15, -0.1) is 0 Å². The highest BCUT2D eigenvalue weighted by Gasteiger charge is 2.47. The summed E-state index contributed by atoms with van der Waals surface area (Å²) in [7, 11) is 0. The molecule has 28 heavy (non-hydrogen) atoms. The highest BCUT2D eigenvalue weighted by Crippen LogP contribution is 2.42. The van der Waals surface area contributed by atoms with Gasteiger partial charge < -0.3 is 21.2 Å². The lowest BCUT2D eigenvalue weighted by Gasteiger charge is -2.22. The summed E-state index contributed by atoms with van der Waals surface area (Å²) in [6.07, 6.45) is 0.0399. The molecular weight excluding hydrogens is 372 g/mol. The molecule has 0 amide bonds. The van der Waals surface area contributed by atoms with Crippen LogP contribution in [0.5, 0.6) is 0 Å². The van der Waals surface area contributed by atoms with E-state index in [0.717, 1.165) is 17.8 Å². The van der Waals surface area contributed by atoms with Gasteiger partial charge in [0, 0.05) is 18.6 Å². The number of nitrogens with zero attached hydrogens (tertiary/aromatic N) is 4. The fourth-order valence-corrected chi connectivity index (χ4v) is 4.00. The Hall–Kier alpha value is -2.69. The van der Waals surface area contributed by atoms with Gasteiger partial charge in [-0.3, -0.25) is 4.68 Å². The Kier molecular flexibility index (Phi) is 4.69. The molecule has 1 aliphatic carbocycles. The first kappa shape index (κ1) is 18.7. The zero-order chi connectivity index (χ0) is 20.0. The Balaban J connectivity index is 1.62. The van der Waals surface area contributed by atoms with Crippen molar-refractivity contribution in [2.75, 3.05) is 0 Å². The molecule has 8 nitrogen and oxygen atoms in total.